The highest BCUT2D eigenvalue weighted by atomic mass is 32.2. The minimum absolute atomic E-state index is 0.0377. The van der Waals surface area contributed by atoms with Crippen LogP contribution < -0.4 is 14.8 Å². The van der Waals surface area contributed by atoms with Crippen molar-refractivity contribution in [3.8, 4) is 11.4 Å². The maximum absolute atomic E-state index is 12.5. The Bertz CT molecular complexity index is 1370. The van der Waals surface area contributed by atoms with Gasteiger partial charge in [0.25, 0.3) is 0 Å². The molecule has 0 atom stereocenters. The molecule has 0 bridgehead atoms. The van der Waals surface area contributed by atoms with Crippen molar-refractivity contribution in [1.29, 1.82) is 0 Å². The van der Waals surface area contributed by atoms with Crippen LogP contribution in [0.3, 0.4) is 0 Å². The van der Waals surface area contributed by atoms with Crippen molar-refractivity contribution in [2.45, 2.75) is 32.2 Å². The lowest BCUT2D eigenvalue weighted by molar-refractivity contribution is 0.251. The molecule has 2 heterocycles. The number of anilines is 1. The molecule has 9 heteroatoms. The highest BCUT2D eigenvalue weighted by molar-refractivity contribution is 7.87. The van der Waals surface area contributed by atoms with E-state index in [4.69, 9.17) is 4.18 Å². The summed E-state index contributed by atoms with van der Waals surface area (Å²) in [5, 5.41) is 5.61. The molecule has 2 N–H and O–H groups in total. The number of unbranched alkanes of at least 4 members (excludes halogenated alkanes) is 2. The smallest absolute Gasteiger partial charge is 0.319 e. The molecule has 0 saturated carbocycles. The topological polar surface area (TPSA) is 102 Å². The third kappa shape index (κ3) is 8.22. The summed E-state index contributed by atoms with van der Waals surface area (Å²) in [7, 11) is -3.70. The van der Waals surface area contributed by atoms with Crippen molar-refractivity contribution < 1.29 is 17.4 Å². The SMILES string of the molecule is O=C(NCc1cccnc1)Nc1ccc(CCCCCS(=O)(=O)Oc2ccccc2-n2cccc2)cc1. The number of urea groups is 1. The molecule has 4 rings (SSSR count). The van der Waals surface area contributed by atoms with Gasteiger partial charge in [-0.05, 0) is 72.9 Å². The molecule has 0 aliphatic heterocycles. The van der Waals surface area contributed by atoms with Gasteiger partial charge in [0.1, 0.15) is 0 Å². The Morgan fingerprint density at radius 2 is 1.65 bits per heavy atom. The number of carbonyl (C=O) groups is 1. The van der Waals surface area contributed by atoms with Crippen LogP contribution in [0.2, 0.25) is 0 Å². The molecule has 0 aliphatic rings. The Balaban J connectivity index is 1.16. The lowest BCUT2D eigenvalue weighted by Crippen LogP contribution is -2.28. The second-order valence-electron chi connectivity index (χ2n) is 8.58. The molecule has 4 aromatic rings. The number of carbonyl (C=O) groups excluding carboxylic acids is 1. The number of aromatic nitrogens is 2. The van der Waals surface area contributed by atoms with Gasteiger partial charge in [-0.2, -0.15) is 8.42 Å². The third-order valence-electron chi connectivity index (χ3n) is 5.71. The molecule has 0 fully saturated rings. The van der Waals surface area contributed by atoms with Gasteiger partial charge in [0, 0.05) is 37.0 Å². The van der Waals surface area contributed by atoms with E-state index in [0.717, 1.165) is 30.4 Å². The largest absolute Gasteiger partial charge is 0.380 e. The van der Waals surface area contributed by atoms with E-state index in [1.165, 1.54) is 0 Å². The Labute approximate surface area is 217 Å². The summed E-state index contributed by atoms with van der Waals surface area (Å²) < 4.78 is 32.3. The molecule has 0 aliphatic carbocycles. The predicted molar refractivity (Wildman–Crippen MR) is 144 cm³/mol. The number of para-hydroxylation sites is 2. The lowest BCUT2D eigenvalue weighted by atomic mass is 10.1. The summed E-state index contributed by atoms with van der Waals surface area (Å²) in [5.41, 5.74) is 3.44. The fourth-order valence-corrected chi connectivity index (χ4v) is 4.87. The highest BCUT2D eigenvalue weighted by Gasteiger charge is 2.15. The molecule has 0 unspecified atom stereocenters. The molecular weight excluding hydrogens is 488 g/mol. The zero-order valence-electron chi connectivity index (χ0n) is 20.4. The van der Waals surface area contributed by atoms with Gasteiger partial charge >= 0.3 is 16.1 Å². The Morgan fingerprint density at radius 3 is 2.41 bits per heavy atom. The fourth-order valence-electron chi connectivity index (χ4n) is 3.81. The van der Waals surface area contributed by atoms with Crippen LogP contribution in [-0.4, -0.2) is 29.8 Å². The van der Waals surface area contributed by atoms with Crippen LogP contribution in [0.1, 0.15) is 30.4 Å². The summed E-state index contributed by atoms with van der Waals surface area (Å²) in [5.74, 6) is 0.280. The van der Waals surface area contributed by atoms with E-state index in [1.807, 2.05) is 77.6 Å². The van der Waals surface area contributed by atoms with Crippen LogP contribution in [0.15, 0.2) is 97.6 Å². The number of hydrogen-bond acceptors (Lipinski definition) is 5. The number of nitrogens with one attached hydrogen (secondary N) is 2. The maximum Gasteiger partial charge on any atom is 0.319 e. The molecule has 0 spiro atoms. The number of amides is 2. The Kier molecular flexibility index (Phi) is 8.93. The summed E-state index contributed by atoms with van der Waals surface area (Å²) in [4.78, 5) is 16.1. The third-order valence-corrected chi connectivity index (χ3v) is 6.93. The van der Waals surface area contributed by atoms with Crippen LogP contribution in [0.4, 0.5) is 10.5 Å². The fraction of sp³-hybridized carbons (Fsp3) is 0.214. The van der Waals surface area contributed by atoms with Gasteiger partial charge < -0.3 is 19.4 Å². The Hall–Kier alpha value is -4.11. The van der Waals surface area contributed by atoms with Crippen LogP contribution in [0, 0.1) is 0 Å². The van der Waals surface area contributed by atoms with E-state index in [-0.39, 0.29) is 11.8 Å². The first kappa shape index (κ1) is 26.0. The first-order valence-corrected chi connectivity index (χ1v) is 13.7. The summed E-state index contributed by atoms with van der Waals surface area (Å²) >= 11 is 0. The standard InChI is InChI=1S/C28H30N4O4S/c33-28(30-22-24-10-8-17-29-21-24)31-25-15-13-23(14-16-25)9-2-1-7-20-37(34,35)36-27-12-4-3-11-26(27)32-18-5-6-19-32/h3-6,8,10-19,21H,1-2,7,9,20,22H2,(H2,30,31,33). The van der Waals surface area contributed by atoms with E-state index in [9.17, 15) is 13.2 Å². The monoisotopic (exact) mass is 518 g/mol. The molecule has 0 saturated heterocycles. The molecule has 192 valence electrons. The van der Waals surface area contributed by atoms with Crippen molar-refractivity contribution in [3.05, 3.63) is 109 Å². The molecule has 2 amide bonds. The van der Waals surface area contributed by atoms with E-state index in [1.54, 1.807) is 24.5 Å². The van der Waals surface area contributed by atoms with Crippen molar-refractivity contribution in [2.75, 3.05) is 11.1 Å². The number of rotatable bonds is 12. The highest BCUT2D eigenvalue weighted by Crippen LogP contribution is 2.24. The molecule has 0 radical (unpaired) electrons. The second-order valence-corrected chi connectivity index (χ2v) is 10.3. The van der Waals surface area contributed by atoms with Gasteiger partial charge in [-0.25, -0.2) is 4.79 Å². The molecule has 2 aromatic carbocycles. The quantitative estimate of drug-likeness (QED) is 0.195. The predicted octanol–water partition coefficient (Wildman–Crippen LogP) is 5.32. The number of benzene rings is 2. The minimum Gasteiger partial charge on any atom is -0.380 e. The van der Waals surface area contributed by atoms with Crippen molar-refractivity contribution in [2.24, 2.45) is 0 Å². The number of hydrogen-bond donors (Lipinski definition) is 2. The number of nitrogens with zero attached hydrogens (tertiary/aromatic N) is 2. The summed E-state index contributed by atoms with van der Waals surface area (Å²) in [6, 6.07) is 21.9. The molecule has 8 nitrogen and oxygen atoms in total. The van der Waals surface area contributed by atoms with Gasteiger partial charge in [-0.1, -0.05) is 36.8 Å². The Morgan fingerprint density at radius 1 is 0.865 bits per heavy atom. The van der Waals surface area contributed by atoms with Gasteiger partial charge in [-0.3, -0.25) is 4.98 Å². The zero-order valence-corrected chi connectivity index (χ0v) is 21.2. The van der Waals surface area contributed by atoms with E-state index >= 15 is 0 Å². The number of pyridine rings is 1. The zero-order chi connectivity index (χ0) is 25.9. The van der Waals surface area contributed by atoms with Crippen LogP contribution >= 0.6 is 0 Å². The van der Waals surface area contributed by atoms with E-state index in [2.05, 4.69) is 15.6 Å². The molecular formula is C28H30N4O4S. The number of aryl methyl sites for hydroxylation is 1. The van der Waals surface area contributed by atoms with Crippen LogP contribution in [-0.2, 0) is 23.1 Å². The van der Waals surface area contributed by atoms with Crippen molar-refractivity contribution in [1.82, 2.24) is 14.9 Å². The summed E-state index contributed by atoms with van der Waals surface area (Å²) in [6.45, 7) is 0.401. The average Bonchev–Trinajstić information content (AvgIpc) is 3.44. The van der Waals surface area contributed by atoms with E-state index < -0.39 is 10.1 Å². The van der Waals surface area contributed by atoms with Crippen molar-refractivity contribution >= 4 is 21.8 Å². The van der Waals surface area contributed by atoms with Crippen LogP contribution in [0.25, 0.3) is 5.69 Å². The summed E-state index contributed by atoms with van der Waals surface area (Å²) in [6.07, 6.45) is 10.0. The minimum atomic E-state index is -3.70. The molecule has 2 aromatic heterocycles. The first-order valence-electron chi connectivity index (χ1n) is 12.2. The van der Waals surface area contributed by atoms with Gasteiger partial charge in [-0.15, -0.1) is 0 Å². The first-order chi connectivity index (χ1) is 18.0. The average molecular weight is 519 g/mol. The van der Waals surface area contributed by atoms with Gasteiger partial charge in [0.05, 0.1) is 11.4 Å². The maximum atomic E-state index is 12.5. The second kappa shape index (κ2) is 12.7. The van der Waals surface area contributed by atoms with Crippen LogP contribution in [0.5, 0.6) is 5.75 Å². The molecule has 37 heavy (non-hydrogen) atoms. The normalized spacial score (nSPS) is 11.1. The van der Waals surface area contributed by atoms with Crippen molar-refractivity contribution in [3.63, 3.8) is 0 Å². The van der Waals surface area contributed by atoms with E-state index in [0.29, 0.717) is 30.1 Å². The lowest BCUT2D eigenvalue weighted by Gasteiger charge is -2.12. The van der Waals surface area contributed by atoms with Gasteiger partial charge in [0.15, 0.2) is 5.75 Å². The van der Waals surface area contributed by atoms with Gasteiger partial charge in [0.2, 0.25) is 0 Å².